The fourth-order valence-electron chi connectivity index (χ4n) is 1.37. The van der Waals surface area contributed by atoms with Crippen LogP contribution in [0.1, 0.15) is 34.5 Å². The molecule has 0 fully saturated rings. The Labute approximate surface area is 87.9 Å². The molecule has 0 radical (unpaired) electrons. The second kappa shape index (κ2) is 5.12. The van der Waals surface area contributed by atoms with Crippen molar-refractivity contribution in [2.75, 3.05) is 13.7 Å². The van der Waals surface area contributed by atoms with Gasteiger partial charge in [-0.15, -0.1) is 11.3 Å². The van der Waals surface area contributed by atoms with Crippen LogP contribution in [0.2, 0.25) is 0 Å². The van der Waals surface area contributed by atoms with Gasteiger partial charge in [0.1, 0.15) is 4.88 Å². The average molecular weight is 213 g/mol. The lowest BCUT2D eigenvalue weighted by molar-refractivity contribution is 0.0604. The van der Waals surface area contributed by atoms with Gasteiger partial charge < -0.3 is 10.5 Å². The SMILES string of the molecule is COC(=O)c1sccc1C(C)CCN. The van der Waals surface area contributed by atoms with E-state index in [1.807, 2.05) is 11.4 Å². The molecule has 1 rings (SSSR count). The third kappa shape index (κ3) is 2.33. The molecule has 78 valence electrons. The van der Waals surface area contributed by atoms with Crippen LogP contribution in [0.4, 0.5) is 0 Å². The predicted octanol–water partition coefficient (Wildman–Crippen LogP) is 1.99. The molecule has 4 heteroatoms. The highest BCUT2D eigenvalue weighted by atomic mass is 32.1. The van der Waals surface area contributed by atoms with Crippen molar-refractivity contribution in [1.82, 2.24) is 0 Å². The molecule has 1 aromatic rings. The van der Waals surface area contributed by atoms with E-state index in [4.69, 9.17) is 10.5 Å². The topological polar surface area (TPSA) is 52.3 Å². The van der Waals surface area contributed by atoms with Crippen LogP contribution in [0.3, 0.4) is 0 Å². The molecule has 1 aromatic heterocycles. The summed E-state index contributed by atoms with van der Waals surface area (Å²) in [6, 6.07) is 1.97. The minimum Gasteiger partial charge on any atom is -0.465 e. The van der Waals surface area contributed by atoms with E-state index in [1.54, 1.807) is 0 Å². The van der Waals surface area contributed by atoms with Gasteiger partial charge in [-0.3, -0.25) is 0 Å². The fraction of sp³-hybridized carbons (Fsp3) is 0.500. The minimum absolute atomic E-state index is 0.251. The lowest BCUT2D eigenvalue weighted by atomic mass is 9.98. The highest BCUT2D eigenvalue weighted by molar-refractivity contribution is 7.12. The van der Waals surface area contributed by atoms with Gasteiger partial charge in [-0.25, -0.2) is 4.79 Å². The van der Waals surface area contributed by atoms with Gasteiger partial charge in [-0.1, -0.05) is 6.92 Å². The molecule has 3 nitrogen and oxygen atoms in total. The molecule has 0 bridgehead atoms. The Morgan fingerprint density at radius 3 is 3.00 bits per heavy atom. The van der Waals surface area contributed by atoms with Crippen LogP contribution >= 0.6 is 11.3 Å². The Bertz CT molecular complexity index is 309. The number of carbonyl (C=O) groups excluding carboxylic acids is 1. The van der Waals surface area contributed by atoms with Crippen molar-refractivity contribution in [3.05, 3.63) is 21.9 Å². The first-order valence-electron chi connectivity index (χ1n) is 4.56. The quantitative estimate of drug-likeness (QED) is 0.778. The Morgan fingerprint density at radius 2 is 2.43 bits per heavy atom. The number of nitrogens with two attached hydrogens (primary N) is 1. The maximum absolute atomic E-state index is 11.4. The van der Waals surface area contributed by atoms with Gasteiger partial charge in [0.05, 0.1) is 7.11 Å². The zero-order chi connectivity index (χ0) is 10.6. The summed E-state index contributed by atoms with van der Waals surface area (Å²) in [6.45, 7) is 2.71. The van der Waals surface area contributed by atoms with Gasteiger partial charge in [0.15, 0.2) is 0 Å². The molecule has 0 saturated heterocycles. The maximum atomic E-state index is 11.4. The van der Waals surface area contributed by atoms with Crippen LogP contribution in [-0.4, -0.2) is 19.6 Å². The number of rotatable bonds is 4. The van der Waals surface area contributed by atoms with Crippen molar-refractivity contribution in [3.63, 3.8) is 0 Å². The lowest BCUT2D eigenvalue weighted by Gasteiger charge is -2.09. The zero-order valence-corrected chi connectivity index (χ0v) is 9.26. The Kier molecular flexibility index (Phi) is 4.10. The first-order chi connectivity index (χ1) is 6.70. The molecule has 0 aliphatic carbocycles. The van der Waals surface area contributed by atoms with Gasteiger partial charge in [-0.05, 0) is 35.9 Å². The number of methoxy groups -OCH3 is 1. The number of thiophene rings is 1. The van der Waals surface area contributed by atoms with Gasteiger partial charge in [-0.2, -0.15) is 0 Å². The van der Waals surface area contributed by atoms with Crippen LogP contribution in [0, 0.1) is 0 Å². The molecular weight excluding hydrogens is 198 g/mol. The third-order valence-corrected chi connectivity index (χ3v) is 3.11. The lowest BCUT2D eigenvalue weighted by Crippen LogP contribution is -2.08. The van der Waals surface area contributed by atoms with Crippen LogP contribution in [0.25, 0.3) is 0 Å². The summed E-state index contributed by atoms with van der Waals surface area (Å²) >= 11 is 1.42. The predicted molar refractivity (Wildman–Crippen MR) is 57.7 cm³/mol. The Hall–Kier alpha value is -0.870. The molecule has 0 amide bonds. The molecule has 0 aliphatic heterocycles. The smallest absolute Gasteiger partial charge is 0.348 e. The summed E-state index contributed by atoms with van der Waals surface area (Å²) in [4.78, 5) is 12.1. The van der Waals surface area contributed by atoms with Gasteiger partial charge in [0.2, 0.25) is 0 Å². The van der Waals surface area contributed by atoms with Gasteiger partial charge in [0, 0.05) is 0 Å². The summed E-state index contributed by atoms with van der Waals surface area (Å²) in [5.74, 6) is 0.0687. The van der Waals surface area contributed by atoms with E-state index in [0.717, 1.165) is 12.0 Å². The number of esters is 1. The van der Waals surface area contributed by atoms with Crippen molar-refractivity contribution in [1.29, 1.82) is 0 Å². The van der Waals surface area contributed by atoms with Crippen LogP contribution in [-0.2, 0) is 4.74 Å². The summed E-state index contributed by atoms with van der Waals surface area (Å²) < 4.78 is 4.70. The Balaban J connectivity index is 2.86. The van der Waals surface area contributed by atoms with Crippen LogP contribution in [0.5, 0.6) is 0 Å². The van der Waals surface area contributed by atoms with Gasteiger partial charge >= 0.3 is 5.97 Å². The molecule has 0 aromatic carbocycles. The van der Waals surface area contributed by atoms with E-state index >= 15 is 0 Å². The highest BCUT2D eigenvalue weighted by Gasteiger charge is 2.17. The van der Waals surface area contributed by atoms with E-state index in [2.05, 4.69) is 6.92 Å². The van der Waals surface area contributed by atoms with Crippen molar-refractivity contribution < 1.29 is 9.53 Å². The number of ether oxygens (including phenoxy) is 1. The third-order valence-electron chi connectivity index (χ3n) is 2.20. The van der Waals surface area contributed by atoms with E-state index in [0.29, 0.717) is 17.3 Å². The van der Waals surface area contributed by atoms with Crippen molar-refractivity contribution in [2.24, 2.45) is 5.73 Å². The molecule has 1 heterocycles. The van der Waals surface area contributed by atoms with Crippen molar-refractivity contribution >= 4 is 17.3 Å². The molecule has 2 N–H and O–H groups in total. The van der Waals surface area contributed by atoms with Crippen LogP contribution in [0.15, 0.2) is 11.4 Å². The van der Waals surface area contributed by atoms with E-state index in [9.17, 15) is 4.79 Å². The monoisotopic (exact) mass is 213 g/mol. The first kappa shape index (κ1) is 11.2. The molecule has 14 heavy (non-hydrogen) atoms. The standard InChI is InChI=1S/C10H15NO2S/c1-7(3-5-11)8-4-6-14-9(8)10(12)13-2/h4,6-7H,3,5,11H2,1-2H3. The zero-order valence-electron chi connectivity index (χ0n) is 8.45. The molecule has 0 aliphatic rings. The van der Waals surface area contributed by atoms with E-state index in [1.165, 1.54) is 18.4 Å². The van der Waals surface area contributed by atoms with E-state index < -0.39 is 0 Å². The Morgan fingerprint density at radius 1 is 1.71 bits per heavy atom. The minimum atomic E-state index is -0.251. The second-order valence-corrected chi connectivity index (χ2v) is 4.09. The summed E-state index contributed by atoms with van der Waals surface area (Å²) in [5.41, 5.74) is 6.53. The van der Waals surface area contributed by atoms with Crippen molar-refractivity contribution in [3.8, 4) is 0 Å². The first-order valence-corrected chi connectivity index (χ1v) is 5.44. The number of hydrogen-bond acceptors (Lipinski definition) is 4. The molecule has 1 atom stereocenters. The number of carbonyl (C=O) groups is 1. The molecule has 0 saturated carbocycles. The molecule has 1 unspecified atom stereocenters. The van der Waals surface area contributed by atoms with Gasteiger partial charge in [0.25, 0.3) is 0 Å². The largest absolute Gasteiger partial charge is 0.465 e. The average Bonchev–Trinajstić information content (AvgIpc) is 2.65. The summed E-state index contributed by atoms with van der Waals surface area (Å²) in [7, 11) is 1.40. The number of hydrogen-bond donors (Lipinski definition) is 1. The second-order valence-electron chi connectivity index (χ2n) is 3.18. The molecule has 0 spiro atoms. The van der Waals surface area contributed by atoms with E-state index in [-0.39, 0.29) is 5.97 Å². The normalized spacial score (nSPS) is 12.5. The highest BCUT2D eigenvalue weighted by Crippen LogP contribution is 2.27. The molecular formula is C10H15NO2S. The van der Waals surface area contributed by atoms with Crippen molar-refractivity contribution in [2.45, 2.75) is 19.3 Å². The van der Waals surface area contributed by atoms with Crippen LogP contribution < -0.4 is 5.73 Å². The fourth-order valence-corrected chi connectivity index (χ4v) is 2.31. The summed E-state index contributed by atoms with van der Waals surface area (Å²) in [6.07, 6.45) is 0.890. The maximum Gasteiger partial charge on any atom is 0.348 e. The summed E-state index contributed by atoms with van der Waals surface area (Å²) in [5, 5.41) is 1.91.